The van der Waals surface area contributed by atoms with Gasteiger partial charge in [0.05, 0.1) is 5.69 Å². The van der Waals surface area contributed by atoms with Crippen molar-refractivity contribution in [3.8, 4) is 11.3 Å². The van der Waals surface area contributed by atoms with Gasteiger partial charge in [-0.3, -0.25) is 0 Å². The molecular weight excluding hydrogens is 393 g/mol. The van der Waals surface area contributed by atoms with Gasteiger partial charge in [-0.15, -0.1) is 0 Å². The summed E-state index contributed by atoms with van der Waals surface area (Å²) in [6.07, 6.45) is 1.06. The topological polar surface area (TPSA) is 99.1 Å². The van der Waals surface area contributed by atoms with E-state index in [1.807, 2.05) is 48.5 Å². The average Bonchev–Trinajstić information content (AvgIpc) is 3.13. The van der Waals surface area contributed by atoms with Crippen LogP contribution in [0.4, 0.5) is 4.39 Å². The maximum atomic E-state index is 14.3. The number of nitrogens with two attached hydrogens (primary N) is 1. The summed E-state index contributed by atoms with van der Waals surface area (Å²) < 4.78 is 43.2. The predicted molar refractivity (Wildman–Crippen MR) is 107 cm³/mol. The molecule has 8 heteroatoms. The smallest absolute Gasteiger partial charge is 0.192 e. The summed E-state index contributed by atoms with van der Waals surface area (Å²) in [4.78, 5) is 3.97. The van der Waals surface area contributed by atoms with E-state index >= 15 is 0 Å². The molecular formula is C21H18FN3O3S. The first kappa shape index (κ1) is 19.2. The number of sulfone groups is 1. The Morgan fingerprint density at radius 2 is 1.79 bits per heavy atom. The summed E-state index contributed by atoms with van der Waals surface area (Å²) in [5.74, 6) is -0.600. The van der Waals surface area contributed by atoms with Crippen LogP contribution in [-0.4, -0.2) is 24.8 Å². The number of hydrogen-bond acceptors (Lipinski definition) is 6. The minimum atomic E-state index is -3.55. The van der Waals surface area contributed by atoms with E-state index in [0.29, 0.717) is 11.3 Å². The Balaban J connectivity index is 1.74. The van der Waals surface area contributed by atoms with Gasteiger partial charge in [0.15, 0.2) is 20.4 Å². The standard InChI is InChI=1S/C21H18FN3O3S/c1-29(26,27)20-11-10-16(22)18(24-20)12-17(23)13-6-2-3-7-14(13)21-15-8-4-5-9-19(15)28-25-21/h2-11,17H,12,23H2,1H3/t17-/m0/s1. The number of pyridine rings is 1. The molecule has 0 amide bonds. The zero-order chi connectivity index (χ0) is 20.6. The minimum Gasteiger partial charge on any atom is -0.356 e. The maximum Gasteiger partial charge on any atom is 0.192 e. The summed E-state index contributed by atoms with van der Waals surface area (Å²) in [5, 5.41) is 4.84. The lowest BCUT2D eigenvalue weighted by Gasteiger charge is -2.16. The molecule has 0 saturated carbocycles. The van der Waals surface area contributed by atoms with Crippen LogP contribution < -0.4 is 5.73 Å². The summed E-state index contributed by atoms with van der Waals surface area (Å²) >= 11 is 0. The molecule has 2 N–H and O–H groups in total. The third kappa shape index (κ3) is 3.76. The van der Waals surface area contributed by atoms with Crippen LogP contribution in [0.3, 0.4) is 0 Å². The molecule has 2 aromatic carbocycles. The molecule has 6 nitrogen and oxygen atoms in total. The monoisotopic (exact) mass is 411 g/mol. The van der Waals surface area contributed by atoms with E-state index in [0.717, 1.165) is 34.9 Å². The van der Waals surface area contributed by atoms with Crippen LogP contribution in [0, 0.1) is 5.82 Å². The van der Waals surface area contributed by atoms with Crippen LogP contribution in [0.2, 0.25) is 0 Å². The molecule has 0 spiro atoms. The first-order chi connectivity index (χ1) is 13.8. The molecule has 2 aromatic heterocycles. The van der Waals surface area contributed by atoms with E-state index in [9.17, 15) is 12.8 Å². The fourth-order valence-corrected chi connectivity index (χ4v) is 3.84. The number of aromatic nitrogens is 2. The Labute approximate surface area is 167 Å². The number of nitrogens with zero attached hydrogens (tertiary/aromatic N) is 2. The van der Waals surface area contributed by atoms with Gasteiger partial charge in [-0.1, -0.05) is 41.6 Å². The zero-order valence-electron chi connectivity index (χ0n) is 15.5. The second-order valence-corrected chi connectivity index (χ2v) is 8.74. The fourth-order valence-electron chi connectivity index (χ4n) is 3.25. The van der Waals surface area contributed by atoms with E-state index in [2.05, 4.69) is 10.1 Å². The molecule has 29 heavy (non-hydrogen) atoms. The lowest BCUT2D eigenvalue weighted by molar-refractivity contribution is 0.459. The van der Waals surface area contributed by atoms with E-state index in [1.54, 1.807) is 0 Å². The van der Waals surface area contributed by atoms with Crippen molar-refractivity contribution >= 4 is 20.8 Å². The largest absolute Gasteiger partial charge is 0.356 e. The normalized spacial score (nSPS) is 12.9. The highest BCUT2D eigenvalue weighted by atomic mass is 32.2. The van der Waals surface area contributed by atoms with Crippen molar-refractivity contribution in [1.82, 2.24) is 10.1 Å². The molecule has 1 atom stereocenters. The zero-order valence-corrected chi connectivity index (χ0v) is 16.4. The van der Waals surface area contributed by atoms with Crippen molar-refractivity contribution in [2.75, 3.05) is 6.26 Å². The van der Waals surface area contributed by atoms with Crippen molar-refractivity contribution < 1.29 is 17.3 Å². The van der Waals surface area contributed by atoms with E-state index in [4.69, 9.17) is 10.3 Å². The Hall–Kier alpha value is -3.10. The third-order valence-corrected chi connectivity index (χ3v) is 5.67. The highest BCUT2D eigenvalue weighted by Crippen LogP contribution is 2.33. The van der Waals surface area contributed by atoms with Gasteiger partial charge >= 0.3 is 0 Å². The van der Waals surface area contributed by atoms with Crippen LogP contribution in [0.15, 0.2) is 70.2 Å². The highest BCUT2D eigenvalue weighted by molar-refractivity contribution is 7.90. The summed E-state index contributed by atoms with van der Waals surface area (Å²) in [6, 6.07) is 16.5. The second-order valence-electron chi connectivity index (χ2n) is 6.78. The number of fused-ring (bicyclic) bond motifs is 1. The number of halogens is 1. The quantitative estimate of drug-likeness (QED) is 0.538. The molecule has 0 radical (unpaired) electrons. The molecule has 148 valence electrons. The van der Waals surface area contributed by atoms with E-state index in [1.165, 1.54) is 0 Å². The van der Waals surface area contributed by atoms with Crippen LogP contribution >= 0.6 is 0 Å². The van der Waals surface area contributed by atoms with Gasteiger partial charge in [0, 0.05) is 29.7 Å². The van der Waals surface area contributed by atoms with Gasteiger partial charge in [-0.05, 0) is 29.8 Å². The maximum absolute atomic E-state index is 14.3. The van der Waals surface area contributed by atoms with Gasteiger partial charge in [-0.2, -0.15) is 0 Å². The lowest BCUT2D eigenvalue weighted by atomic mass is 9.94. The van der Waals surface area contributed by atoms with Crippen LogP contribution in [0.25, 0.3) is 22.2 Å². The first-order valence-corrected chi connectivity index (χ1v) is 10.8. The molecule has 0 unspecified atom stereocenters. The van der Waals surface area contributed by atoms with Crippen molar-refractivity contribution in [3.63, 3.8) is 0 Å². The summed E-state index contributed by atoms with van der Waals surface area (Å²) in [5.41, 5.74) is 9.19. The number of benzene rings is 2. The summed E-state index contributed by atoms with van der Waals surface area (Å²) in [7, 11) is -3.55. The van der Waals surface area contributed by atoms with Crippen molar-refractivity contribution in [2.24, 2.45) is 5.73 Å². The number of para-hydroxylation sites is 1. The van der Waals surface area contributed by atoms with E-state index in [-0.39, 0.29) is 17.1 Å². The van der Waals surface area contributed by atoms with Gasteiger partial charge < -0.3 is 10.3 Å². The molecule has 0 bridgehead atoms. The van der Waals surface area contributed by atoms with Gasteiger partial charge in [0.25, 0.3) is 0 Å². The molecule has 0 aliphatic heterocycles. The van der Waals surface area contributed by atoms with Crippen molar-refractivity contribution in [3.05, 3.63) is 77.7 Å². The predicted octanol–water partition coefficient (Wildman–Crippen LogP) is 3.67. The molecule has 4 aromatic rings. The average molecular weight is 411 g/mol. The molecule has 0 aliphatic rings. The van der Waals surface area contributed by atoms with Crippen LogP contribution in [0.1, 0.15) is 17.3 Å². The minimum absolute atomic E-state index is 0.000221. The molecule has 0 fully saturated rings. The van der Waals surface area contributed by atoms with Gasteiger partial charge in [0.2, 0.25) is 0 Å². The van der Waals surface area contributed by atoms with E-state index < -0.39 is 21.7 Å². The summed E-state index contributed by atoms with van der Waals surface area (Å²) in [6.45, 7) is 0. The lowest BCUT2D eigenvalue weighted by Crippen LogP contribution is -2.17. The van der Waals surface area contributed by atoms with Crippen molar-refractivity contribution in [1.29, 1.82) is 0 Å². The van der Waals surface area contributed by atoms with Crippen LogP contribution in [0.5, 0.6) is 0 Å². The number of rotatable bonds is 5. The molecule has 4 rings (SSSR count). The first-order valence-electron chi connectivity index (χ1n) is 8.89. The number of hydrogen-bond donors (Lipinski definition) is 1. The Kier molecular flexibility index (Phi) is 4.89. The Bertz CT molecular complexity index is 1300. The van der Waals surface area contributed by atoms with Crippen LogP contribution in [-0.2, 0) is 16.3 Å². The SMILES string of the molecule is CS(=O)(=O)c1ccc(F)c(C[C@H](N)c2ccccc2-c2noc3ccccc23)n1. The van der Waals surface area contributed by atoms with Gasteiger partial charge in [-0.25, -0.2) is 17.8 Å². The fraction of sp³-hybridized carbons (Fsp3) is 0.143. The molecule has 0 aliphatic carbocycles. The third-order valence-electron chi connectivity index (χ3n) is 4.68. The Morgan fingerprint density at radius 3 is 2.59 bits per heavy atom. The molecule has 0 saturated heterocycles. The molecule has 2 heterocycles. The Morgan fingerprint density at radius 1 is 1.07 bits per heavy atom. The van der Waals surface area contributed by atoms with Gasteiger partial charge in [0.1, 0.15) is 11.5 Å². The second kappa shape index (κ2) is 7.38. The highest BCUT2D eigenvalue weighted by Gasteiger charge is 2.20. The van der Waals surface area contributed by atoms with Crippen molar-refractivity contribution in [2.45, 2.75) is 17.5 Å².